The van der Waals surface area contributed by atoms with Crippen LogP contribution in [-0.4, -0.2) is 18.4 Å². The van der Waals surface area contributed by atoms with Crippen LogP contribution in [0.3, 0.4) is 0 Å². The second-order valence-electron chi connectivity index (χ2n) is 3.57. The van der Waals surface area contributed by atoms with Gasteiger partial charge in [-0.2, -0.15) is 0 Å². The summed E-state index contributed by atoms with van der Waals surface area (Å²) in [6.07, 6.45) is 4.27. The highest BCUT2D eigenvalue weighted by Gasteiger charge is 2.28. The summed E-state index contributed by atoms with van der Waals surface area (Å²) in [4.78, 5) is 21.2. The highest BCUT2D eigenvalue weighted by atomic mass is 16.5. The van der Waals surface area contributed by atoms with E-state index >= 15 is 0 Å². The number of carbonyl (C=O) groups excluding carboxylic acids is 2. The fourth-order valence-corrected chi connectivity index (χ4v) is 1.51. The molecule has 0 saturated heterocycles. The molecule has 1 rings (SSSR count). The van der Waals surface area contributed by atoms with E-state index in [2.05, 4.69) is 0 Å². The molecule has 1 heterocycles. The third-order valence-corrected chi connectivity index (χ3v) is 2.32. The van der Waals surface area contributed by atoms with Gasteiger partial charge in [-0.15, -0.1) is 0 Å². The highest BCUT2D eigenvalue weighted by molar-refractivity contribution is 5.84. The molecule has 0 saturated carbocycles. The molecular weight excluding hydrogens is 168 g/mol. The minimum atomic E-state index is -0.304. The van der Waals surface area contributed by atoms with Gasteiger partial charge in [-0.05, 0) is 12.0 Å². The van der Waals surface area contributed by atoms with E-state index in [9.17, 15) is 9.59 Å². The smallest absolute Gasteiger partial charge is 0.331 e. The maximum absolute atomic E-state index is 10.8. The molecule has 0 N–H and O–H groups in total. The van der Waals surface area contributed by atoms with Crippen LogP contribution in [0.25, 0.3) is 0 Å². The van der Waals surface area contributed by atoms with Crippen LogP contribution in [0.4, 0.5) is 0 Å². The van der Waals surface area contributed by atoms with Gasteiger partial charge >= 0.3 is 5.97 Å². The van der Waals surface area contributed by atoms with Gasteiger partial charge in [0.05, 0.1) is 0 Å². The van der Waals surface area contributed by atoms with Gasteiger partial charge in [0.1, 0.15) is 12.4 Å². The van der Waals surface area contributed by atoms with Crippen molar-refractivity contribution in [3.8, 4) is 0 Å². The van der Waals surface area contributed by atoms with Crippen LogP contribution in [0.1, 0.15) is 20.3 Å². The molecule has 2 unspecified atom stereocenters. The number of esters is 1. The molecule has 0 spiro atoms. The Morgan fingerprint density at radius 3 is 2.69 bits per heavy atom. The standard InChI is InChI=1S/C10H14O3/c1-7(2)8(5-6-11)9-3-4-10(12)13-9/h3-4,6-9H,5H2,1-2H3. The normalized spacial score (nSPS) is 23.3. The number of rotatable bonds is 4. The molecule has 0 aromatic carbocycles. The molecule has 0 radical (unpaired) electrons. The van der Waals surface area contributed by atoms with E-state index in [1.807, 2.05) is 13.8 Å². The molecule has 0 bridgehead atoms. The van der Waals surface area contributed by atoms with Crippen LogP contribution in [0.5, 0.6) is 0 Å². The lowest BCUT2D eigenvalue weighted by atomic mass is 9.88. The molecule has 2 atom stereocenters. The van der Waals surface area contributed by atoms with Crippen LogP contribution in [0.2, 0.25) is 0 Å². The summed E-state index contributed by atoms with van der Waals surface area (Å²) in [5.74, 6) is 0.146. The third-order valence-electron chi connectivity index (χ3n) is 2.32. The molecule has 1 aliphatic rings. The molecule has 1 aliphatic heterocycles. The Labute approximate surface area is 77.8 Å². The van der Waals surface area contributed by atoms with E-state index in [4.69, 9.17) is 4.74 Å². The molecule has 0 aliphatic carbocycles. The van der Waals surface area contributed by atoms with Crippen molar-refractivity contribution >= 4 is 12.3 Å². The summed E-state index contributed by atoms with van der Waals surface area (Å²) in [6, 6.07) is 0. The molecule has 3 heteroatoms. The average Bonchev–Trinajstić information content (AvgIpc) is 2.46. The molecule has 0 amide bonds. The van der Waals surface area contributed by atoms with E-state index < -0.39 is 0 Å². The Morgan fingerprint density at radius 1 is 1.62 bits per heavy atom. The largest absolute Gasteiger partial charge is 0.455 e. The van der Waals surface area contributed by atoms with Crippen molar-refractivity contribution < 1.29 is 14.3 Å². The predicted molar refractivity (Wildman–Crippen MR) is 48.0 cm³/mol. The third kappa shape index (κ3) is 2.41. The first-order valence-electron chi connectivity index (χ1n) is 4.47. The van der Waals surface area contributed by atoms with E-state index in [-0.39, 0.29) is 18.0 Å². The van der Waals surface area contributed by atoms with Crippen molar-refractivity contribution in [1.82, 2.24) is 0 Å². The topological polar surface area (TPSA) is 43.4 Å². The molecule has 3 nitrogen and oxygen atoms in total. The zero-order valence-electron chi connectivity index (χ0n) is 7.90. The first-order chi connectivity index (χ1) is 6.15. The minimum Gasteiger partial charge on any atom is -0.455 e. The number of hydrogen-bond donors (Lipinski definition) is 0. The van der Waals surface area contributed by atoms with Crippen LogP contribution < -0.4 is 0 Å². The van der Waals surface area contributed by atoms with Crippen LogP contribution >= 0.6 is 0 Å². The van der Waals surface area contributed by atoms with Crippen LogP contribution in [0.15, 0.2) is 12.2 Å². The lowest BCUT2D eigenvalue weighted by molar-refractivity contribution is -0.141. The SMILES string of the molecule is CC(C)C(CC=O)C1C=CC(=O)O1. The van der Waals surface area contributed by atoms with Gasteiger partial charge in [0.15, 0.2) is 0 Å². The van der Waals surface area contributed by atoms with Crippen molar-refractivity contribution in [1.29, 1.82) is 0 Å². The van der Waals surface area contributed by atoms with Crippen molar-refractivity contribution in [3.05, 3.63) is 12.2 Å². The monoisotopic (exact) mass is 182 g/mol. The number of ether oxygens (including phenoxy) is 1. The second kappa shape index (κ2) is 4.21. The van der Waals surface area contributed by atoms with Gasteiger partial charge in [0.2, 0.25) is 0 Å². The van der Waals surface area contributed by atoms with E-state index in [0.29, 0.717) is 12.3 Å². The summed E-state index contributed by atoms with van der Waals surface area (Å²) in [7, 11) is 0. The fourth-order valence-electron chi connectivity index (χ4n) is 1.51. The molecule has 72 valence electrons. The van der Waals surface area contributed by atoms with Gasteiger partial charge in [0, 0.05) is 18.4 Å². The summed E-state index contributed by atoms with van der Waals surface area (Å²) in [6.45, 7) is 4.04. The minimum absolute atomic E-state index is 0.111. The first kappa shape index (κ1) is 9.96. The number of hydrogen-bond acceptors (Lipinski definition) is 3. The van der Waals surface area contributed by atoms with E-state index in [1.54, 1.807) is 6.08 Å². The maximum Gasteiger partial charge on any atom is 0.331 e. The van der Waals surface area contributed by atoms with Gasteiger partial charge in [-0.25, -0.2) is 4.79 Å². The van der Waals surface area contributed by atoms with E-state index in [0.717, 1.165) is 6.29 Å². The molecule has 0 fully saturated rings. The Morgan fingerprint density at radius 2 is 2.31 bits per heavy atom. The summed E-state index contributed by atoms with van der Waals surface area (Å²) in [5.41, 5.74) is 0. The average molecular weight is 182 g/mol. The maximum atomic E-state index is 10.8. The van der Waals surface area contributed by atoms with Crippen LogP contribution in [-0.2, 0) is 14.3 Å². The van der Waals surface area contributed by atoms with Gasteiger partial charge in [-0.1, -0.05) is 13.8 Å². The lowest BCUT2D eigenvalue weighted by Crippen LogP contribution is -2.25. The molecule has 0 aromatic rings. The Hall–Kier alpha value is -1.12. The Balaban J connectivity index is 2.60. The van der Waals surface area contributed by atoms with Crippen molar-refractivity contribution in [2.24, 2.45) is 11.8 Å². The molecular formula is C10H14O3. The van der Waals surface area contributed by atoms with E-state index in [1.165, 1.54) is 6.08 Å². The number of carbonyl (C=O) groups is 2. The zero-order valence-corrected chi connectivity index (χ0v) is 7.90. The van der Waals surface area contributed by atoms with Gasteiger partial charge in [-0.3, -0.25) is 0 Å². The Bertz CT molecular complexity index is 230. The predicted octanol–water partition coefficient (Wildman–Crippen LogP) is 1.33. The summed E-state index contributed by atoms with van der Waals surface area (Å²) in [5, 5.41) is 0. The molecule has 13 heavy (non-hydrogen) atoms. The first-order valence-corrected chi connectivity index (χ1v) is 4.47. The lowest BCUT2D eigenvalue weighted by Gasteiger charge is -2.22. The Kier molecular flexibility index (Phi) is 3.23. The van der Waals surface area contributed by atoms with Gasteiger partial charge in [0.25, 0.3) is 0 Å². The second-order valence-corrected chi connectivity index (χ2v) is 3.57. The number of aldehydes is 1. The van der Waals surface area contributed by atoms with Gasteiger partial charge < -0.3 is 9.53 Å². The highest BCUT2D eigenvalue weighted by Crippen LogP contribution is 2.24. The summed E-state index contributed by atoms with van der Waals surface area (Å²) < 4.78 is 5.03. The molecule has 0 aromatic heterocycles. The zero-order chi connectivity index (χ0) is 9.84. The number of cyclic esters (lactones) is 1. The van der Waals surface area contributed by atoms with Crippen molar-refractivity contribution in [3.63, 3.8) is 0 Å². The fraction of sp³-hybridized carbons (Fsp3) is 0.600. The van der Waals surface area contributed by atoms with Crippen molar-refractivity contribution in [2.45, 2.75) is 26.4 Å². The van der Waals surface area contributed by atoms with Crippen molar-refractivity contribution in [2.75, 3.05) is 0 Å². The quantitative estimate of drug-likeness (QED) is 0.486. The summed E-state index contributed by atoms with van der Waals surface area (Å²) >= 11 is 0. The van der Waals surface area contributed by atoms with Crippen LogP contribution in [0, 0.1) is 11.8 Å².